The van der Waals surface area contributed by atoms with Gasteiger partial charge in [-0.1, -0.05) is 18.2 Å². The van der Waals surface area contributed by atoms with Gasteiger partial charge in [0.15, 0.2) is 0 Å². The van der Waals surface area contributed by atoms with Gasteiger partial charge in [0.2, 0.25) is 15.9 Å². The molecule has 2 aromatic rings. The molecular weight excluding hydrogens is 331 g/mol. The first-order valence-corrected chi connectivity index (χ1v) is 9.29. The van der Waals surface area contributed by atoms with Crippen molar-refractivity contribution in [2.24, 2.45) is 0 Å². The van der Waals surface area contributed by atoms with Gasteiger partial charge < -0.3 is 5.32 Å². The van der Waals surface area contributed by atoms with Crippen LogP contribution >= 0.6 is 0 Å². The van der Waals surface area contributed by atoms with Crippen LogP contribution in [0.2, 0.25) is 0 Å². The Kier molecular flexibility index (Phi) is 5.92. The summed E-state index contributed by atoms with van der Waals surface area (Å²) in [5.74, 6) is -0.622. The van der Waals surface area contributed by atoms with E-state index in [0.29, 0.717) is 17.8 Å². The molecule has 0 bridgehead atoms. The highest BCUT2D eigenvalue weighted by Crippen LogP contribution is 2.18. The normalized spacial score (nSPS) is 11.1. The minimum Gasteiger partial charge on any atom is -0.326 e. The average molecular weight is 350 g/mol. The lowest BCUT2D eigenvalue weighted by Crippen LogP contribution is -2.31. The number of carbonyl (C=O) groups excluding carboxylic acids is 1. The Morgan fingerprint density at radius 2 is 1.71 bits per heavy atom. The number of benzene rings is 2. The van der Waals surface area contributed by atoms with E-state index in [1.54, 1.807) is 12.1 Å². The first-order valence-electron chi connectivity index (χ1n) is 7.44. The SMILES string of the molecule is CS(=O)(=O)N(CCCC(=O)Nc1ccccc1)c1ccc(F)cc1. The molecule has 128 valence electrons. The van der Waals surface area contributed by atoms with Crippen LogP contribution in [0.25, 0.3) is 0 Å². The van der Waals surface area contributed by atoms with Crippen molar-refractivity contribution in [1.82, 2.24) is 0 Å². The van der Waals surface area contributed by atoms with E-state index < -0.39 is 15.8 Å². The molecule has 0 unspecified atom stereocenters. The Bertz CT molecular complexity index is 777. The highest BCUT2D eigenvalue weighted by Gasteiger charge is 2.17. The largest absolute Gasteiger partial charge is 0.326 e. The van der Waals surface area contributed by atoms with Crippen LogP contribution < -0.4 is 9.62 Å². The lowest BCUT2D eigenvalue weighted by Gasteiger charge is -2.22. The van der Waals surface area contributed by atoms with Crippen molar-refractivity contribution < 1.29 is 17.6 Å². The summed E-state index contributed by atoms with van der Waals surface area (Å²) < 4.78 is 38.0. The van der Waals surface area contributed by atoms with Crippen molar-refractivity contribution in [3.05, 3.63) is 60.4 Å². The van der Waals surface area contributed by atoms with E-state index in [1.807, 2.05) is 18.2 Å². The zero-order chi connectivity index (χ0) is 17.6. The molecule has 0 fully saturated rings. The molecule has 0 saturated carbocycles. The maximum atomic E-state index is 13.0. The molecule has 0 atom stereocenters. The third kappa shape index (κ3) is 5.34. The summed E-state index contributed by atoms with van der Waals surface area (Å²) in [4.78, 5) is 11.9. The predicted molar refractivity (Wildman–Crippen MR) is 92.9 cm³/mol. The summed E-state index contributed by atoms with van der Waals surface area (Å²) in [6, 6.07) is 14.2. The second kappa shape index (κ2) is 7.92. The number of hydrogen-bond donors (Lipinski definition) is 1. The second-order valence-corrected chi connectivity index (χ2v) is 7.24. The number of hydrogen-bond acceptors (Lipinski definition) is 3. The molecule has 0 aliphatic heterocycles. The van der Waals surface area contributed by atoms with E-state index in [1.165, 1.54) is 28.6 Å². The maximum Gasteiger partial charge on any atom is 0.232 e. The maximum absolute atomic E-state index is 13.0. The van der Waals surface area contributed by atoms with Gasteiger partial charge in [-0.15, -0.1) is 0 Å². The van der Waals surface area contributed by atoms with Crippen molar-refractivity contribution in [3.8, 4) is 0 Å². The van der Waals surface area contributed by atoms with Crippen molar-refractivity contribution >= 4 is 27.3 Å². The van der Waals surface area contributed by atoms with Crippen LogP contribution in [0, 0.1) is 5.82 Å². The number of rotatable bonds is 7. The van der Waals surface area contributed by atoms with Gasteiger partial charge in [0.25, 0.3) is 0 Å². The van der Waals surface area contributed by atoms with Crippen molar-refractivity contribution in [3.63, 3.8) is 0 Å². The number of sulfonamides is 1. The van der Waals surface area contributed by atoms with E-state index in [0.717, 1.165) is 6.26 Å². The number of nitrogens with one attached hydrogen (secondary N) is 1. The van der Waals surface area contributed by atoms with Crippen molar-refractivity contribution in [2.75, 3.05) is 22.4 Å². The fourth-order valence-corrected chi connectivity index (χ4v) is 3.19. The quantitative estimate of drug-likeness (QED) is 0.835. The Hall–Kier alpha value is -2.41. The summed E-state index contributed by atoms with van der Waals surface area (Å²) in [5.41, 5.74) is 1.07. The molecule has 0 radical (unpaired) electrons. The molecule has 0 spiro atoms. The molecule has 0 aromatic heterocycles. The van der Waals surface area contributed by atoms with Crippen LogP contribution in [0.4, 0.5) is 15.8 Å². The first-order chi connectivity index (χ1) is 11.4. The fourth-order valence-electron chi connectivity index (χ4n) is 2.22. The molecule has 1 amide bonds. The molecule has 0 heterocycles. The van der Waals surface area contributed by atoms with Crippen LogP contribution in [0.15, 0.2) is 54.6 Å². The van der Waals surface area contributed by atoms with Gasteiger partial charge in [0.1, 0.15) is 5.82 Å². The van der Waals surface area contributed by atoms with Crippen molar-refractivity contribution in [1.29, 1.82) is 0 Å². The Balaban J connectivity index is 1.94. The van der Waals surface area contributed by atoms with E-state index in [9.17, 15) is 17.6 Å². The third-order valence-electron chi connectivity index (χ3n) is 3.34. The van der Waals surface area contributed by atoms with Gasteiger partial charge in [0.05, 0.1) is 11.9 Å². The van der Waals surface area contributed by atoms with Crippen LogP contribution in [0.3, 0.4) is 0 Å². The average Bonchev–Trinajstić information content (AvgIpc) is 2.52. The molecule has 1 N–H and O–H groups in total. The molecular formula is C17H19FN2O3S. The van der Waals surface area contributed by atoms with Gasteiger partial charge in [-0.2, -0.15) is 0 Å². The molecule has 5 nitrogen and oxygen atoms in total. The number of para-hydroxylation sites is 1. The first kappa shape index (κ1) is 17.9. The number of nitrogens with zero attached hydrogens (tertiary/aromatic N) is 1. The third-order valence-corrected chi connectivity index (χ3v) is 4.53. The summed E-state index contributed by atoms with van der Waals surface area (Å²) in [7, 11) is -3.51. The molecule has 2 rings (SSSR count). The van der Waals surface area contributed by atoms with Crippen LogP contribution in [-0.2, 0) is 14.8 Å². The van der Waals surface area contributed by atoms with Gasteiger partial charge in [0, 0.05) is 18.7 Å². The van der Waals surface area contributed by atoms with Crippen molar-refractivity contribution in [2.45, 2.75) is 12.8 Å². The second-order valence-electron chi connectivity index (χ2n) is 5.33. The van der Waals surface area contributed by atoms with E-state index in [2.05, 4.69) is 5.32 Å². The molecule has 0 saturated heterocycles. The zero-order valence-corrected chi connectivity index (χ0v) is 14.1. The lowest BCUT2D eigenvalue weighted by molar-refractivity contribution is -0.116. The summed E-state index contributed by atoms with van der Waals surface area (Å²) in [5, 5.41) is 2.75. The van der Waals surface area contributed by atoms with E-state index in [4.69, 9.17) is 0 Å². The standard InChI is InChI=1S/C17H19FN2O3S/c1-24(22,23)20(16-11-9-14(18)10-12-16)13-5-8-17(21)19-15-6-3-2-4-7-15/h2-4,6-7,9-12H,5,8,13H2,1H3,(H,19,21). The molecule has 2 aromatic carbocycles. The van der Waals surface area contributed by atoms with Gasteiger partial charge in [-0.25, -0.2) is 12.8 Å². The summed E-state index contributed by atoms with van der Waals surface area (Å²) in [6.07, 6.45) is 1.62. The lowest BCUT2D eigenvalue weighted by atomic mass is 10.2. The molecule has 24 heavy (non-hydrogen) atoms. The predicted octanol–water partition coefficient (Wildman–Crippen LogP) is 3.01. The van der Waals surface area contributed by atoms with Crippen LogP contribution in [0.1, 0.15) is 12.8 Å². The monoisotopic (exact) mass is 350 g/mol. The summed E-state index contributed by atoms with van der Waals surface area (Å²) in [6.45, 7) is 0.146. The highest BCUT2D eigenvalue weighted by molar-refractivity contribution is 7.92. The minimum absolute atomic E-state index is 0.146. The van der Waals surface area contributed by atoms with Crippen LogP contribution in [0.5, 0.6) is 0 Å². The molecule has 0 aliphatic carbocycles. The van der Waals surface area contributed by atoms with Gasteiger partial charge in [-0.3, -0.25) is 9.10 Å². The zero-order valence-electron chi connectivity index (χ0n) is 13.3. The highest BCUT2D eigenvalue weighted by atomic mass is 32.2. The van der Waals surface area contributed by atoms with Gasteiger partial charge in [-0.05, 0) is 42.8 Å². The topological polar surface area (TPSA) is 66.5 Å². The Labute approximate surface area is 141 Å². The summed E-state index contributed by atoms with van der Waals surface area (Å²) >= 11 is 0. The fraction of sp³-hybridized carbons (Fsp3) is 0.235. The number of halogens is 1. The minimum atomic E-state index is -3.51. The number of amides is 1. The molecule has 7 heteroatoms. The Morgan fingerprint density at radius 1 is 1.08 bits per heavy atom. The van der Waals surface area contributed by atoms with Crippen LogP contribution in [-0.4, -0.2) is 27.1 Å². The van der Waals surface area contributed by atoms with E-state index in [-0.39, 0.29) is 18.9 Å². The molecule has 0 aliphatic rings. The number of carbonyl (C=O) groups is 1. The van der Waals surface area contributed by atoms with E-state index >= 15 is 0 Å². The number of anilines is 2. The van der Waals surface area contributed by atoms with Gasteiger partial charge >= 0.3 is 0 Å². The smallest absolute Gasteiger partial charge is 0.232 e. The Morgan fingerprint density at radius 3 is 2.29 bits per heavy atom.